The molecular weight excluding hydrogens is 278 g/mol. The van der Waals surface area contributed by atoms with Crippen LogP contribution in [0.15, 0.2) is 34.9 Å². The van der Waals surface area contributed by atoms with Gasteiger partial charge in [0.05, 0.1) is 0 Å². The van der Waals surface area contributed by atoms with Crippen molar-refractivity contribution in [1.29, 1.82) is 0 Å². The molecule has 0 saturated carbocycles. The highest BCUT2D eigenvalue weighted by atomic mass is 14.5. The first-order valence-corrected chi connectivity index (χ1v) is 9.80. The third-order valence-corrected chi connectivity index (χ3v) is 4.46. The maximum absolute atomic E-state index is 5.65. The van der Waals surface area contributed by atoms with Crippen molar-refractivity contribution in [2.45, 2.75) is 86.5 Å². The van der Waals surface area contributed by atoms with E-state index in [-0.39, 0.29) is 0 Å². The number of allylic oxidation sites excluding steroid dienone is 6. The monoisotopic (exact) mass is 319 g/mol. The standard InChI is InChI=1S/C22H41N/c1-7-12-20(13-8-2)22(19(6)15-10-11-16-23)17-21(14-9-3)18(4)5/h14-15,17-18,20H,7-13,16,23H2,1-6H3/b19-15-,21-14+,22-17+. The normalized spacial score (nSPS) is 14.2. The topological polar surface area (TPSA) is 26.0 Å². The Hall–Kier alpha value is -0.820. The Labute approximate surface area is 146 Å². The average Bonchev–Trinajstić information content (AvgIpc) is 2.51. The zero-order chi connectivity index (χ0) is 17.7. The van der Waals surface area contributed by atoms with Crippen LogP contribution in [-0.4, -0.2) is 6.54 Å². The summed E-state index contributed by atoms with van der Waals surface area (Å²) in [5, 5.41) is 0. The van der Waals surface area contributed by atoms with Gasteiger partial charge in [-0.25, -0.2) is 0 Å². The number of hydrogen-bond acceptors (Lipinski definition) is 1. The lowest BCUT2D eigenvalue weighted by atomic mass is 9.83. The molecule has 134 valence electrons. The fourth-order valence-corrected chi connectivity index (χ4v) is 3.14. The highest BCUT2D eigenvalue weighted by Gasteiger charge is 2.15. The smallest absolute Gasteiger partial charge is 0.00743 e. The Morgan fingerprint density at radius 2 is 1.61 bits per heavy atom. The molecule has 2 N–H and O–H groups in total. The fourth-order valence-electron chi connectivity index (χ4n) is 3.14. The Kier molecular flexibility index (Phi) is 13.1. The van der Waals surface area contributed by atoms with Crippen molar-refractivity contribution in [3.8, 4) is 0 Å². The summed E-state index contributed by atoms with van der Waals surface area (Å²) >= 11 is 0. The summed E-state index contributed by atoms with van der Waals surface area (Å²) in [5.41, 5.74) is 10.2. The summed E-state index contributed by atoms with van der Waals surface area (Å²) in [4.78, 5) is 0. The largest absolute Gasteiger partial charge is 0.330 e. The van der Waals surface area contributed by atoms with E-state index >= 15 is 0 Å². The number of nitrogens with two attached hydrogens (primary N) is 1. The van der Waals surface area contributed by atoms with Crippen molar-refractivity contribution < 1.29 is 0 Å². The molecule has 0 aromatic heterocycles. The van der Waals surface area contributed by atoms with Gasteiger partial charge in [-0.1, -0.05) is 71.3 Å². The van der Waals surface area contributed by atoms with Gasteiger partial charge < -0.3 is 5.73 Å². The second-order valence-corrected chi connectivity index (χ2v) is 6.96. The molecule has 0 amide bonds. The first-order valence-electron chi connectivity index (χ1n) is 9.80. The van der Waals surface area contributed by atoms with Gasteiger partial charge in [-0.05, 0) is 68.6 Å². The van der Waals surface area contributed by atoms with E-state index in [0.29, 0.717) is 11.8 Å². The van der Waals surface area contributed by atoms with Crippen molar-refractivity contribution in [3.05, 3.63) is 34.9 Å². The maximum Gasteiger partial charge on any atom is -0.00743 e. The van der Waals surface area contributed by atoms with Crippen molar-refractivity contribution in [3.63, 3.8) is 0 Å². The van der Waals surface area contributed by atoms with Crippen LogP contribution in [0, 0.1) is 11.8 Å². The number of hydrogen-bond donors (Lipinski definition) is 1. The Morgan fingerprint density at radius 1 is 1.00 bits per heavy atom. The van der Waals surface area contributed by atoms with E-state index in [1.165, 1.54) is 36.8 Å². The van der Waals surface area contributed by atoms with Crippen LogP contribution in [0.3, 0.4) is 0 Å². The predicted molar refractivity (Wildman–Crippen MR) is 107 cm³/mol. The van der Waals surface area contributed by atoms with Crippen molar-refractivity contribution in [2.75, 3.05) is 6.54 Å². The molecule has 0 radical (unpaired) electrons. The summed E-state index contributed by atoms with van der Waals surface area (Å²) in [6.07, 6.45) is 15.7. The molecule has 0 aliphatic carbocycles. The van der Waals surface area contributed by atoms with Crippen LogP contribution < -0.4 is 5.73 Å². The SMILES string of the molecule is CC\C=C(/C=C(\C(C)=C/CCCN)C(CCC)CCC)C(C)C. The van der Waals surface area contributed by atoms with Gasteiger partial charge in [-0.2, -0.15) is 0 Å². The summed E-state index contributed by atoms with van der Waals surface area (Å²) in [7, 11) is 0. The molecular formula is C22H41N. The highest BCUT2D eigenvalue weighted by molar-refractivity contribution is 5.38. The van der Waals surface area contributed by atoms with Crippen molar-refractivity contribution in [1.82, 2.24) is 0 Å². The van der Waals surface area contributed by atoms with Crippen LogP contribution in [0.25, 0.3) is 0 Å². The van der Waals surface area contributed by atoms with Crippen LogP contribution in [0.1, 0.15) is 86.5 Å². The van der Waals surface area contributed by atoms with Crippen molar-refractivity contribution in [2.24, 2.45) is 17.6 Å². The van der Waals surface area contributed by atoms with Gasteiger partial charge in [0.15, 0.2) is 0 Å². The van der Waals surface area contributed by atoms with Gasteiger partial charge in [-0.15, -0.1) is 0 Å². The van der Waals surface area contributed by atoms with Gasteiger partial charge in [0, 0.05) is 0 Å². The lowest BCUT2D eigenvalue weighted by molar-refractivity contribution is 0.507. The van der Waals surface area contributed by atoms with Crippen LogP contribution in [-0.2, 0) is 0 Å². The van der Waals surface area contributed by atoms with Crippen LogP contribution in [0.5, 0.6) is 0 Å². The summed E-state index contributed by atoms with van der Waals surface area (Å²) in [5.74, 6) is 1.28. The Morgan fingerprint density at radius 3 is 2.04 bits per heavy atom. The molecule has 0 bridgehead atoms. The molecule has 0 rings (SSSR count). The summed E-state index contributed by atoms with van der Waals surface area (Å²) in [6, 6.07) is 0. The molecule has 0 aromatic rings. The summed E-state index contributed by atoms with van der Waals surface area (Å²) in [6.45, 7) is 14.5. The minimum atomic E-state index is 0.589. The van der Waals surface area contributed by atoms with Gasteiger partial charge in [0.25, 0.3) is 0 Å². The lowest BCUT2D eigenvalue weighted by Gasteiger charge is -2.22. The molecule has 0 heterocycles. The molecule has 0 fully saturated rings. The Balaban J connectivity index is 5.65. The van der Waals surface area contributed by atoms with E-state index in [0.717, 1.165) is 25.8 Å². The number of rotatable bonds is 12. The van der Waals surface area contributed by atoms with Gasteiger partial charge in [0.2, 0.25) is 0 Å². The molecule has 0 aliphatic heterocycles. The zero-order valence-electron chi connectivity index (χ0n) is 16.6. The Bertz CT molecular complexity index is 379. The fraction of sp³-hybridized carbons (Fsp3) is 0.727. The molecule has 23 heavy (non-hydrogen) atoms. The second-order valence-electron chi connectivity index (χ2n) is 6.96. The van der Waals surface area contributed by atoms with E-state index in [1.54, 1.807) is 5.57 Å². The van der Waals surface area contributed by atoms with E-state index in [1.807, 2.05) is 0 Å². The molecule has 1 nitrogen and oxygen atoms in total. The molecule has 0 spiro atoms. The van der Waals surface area contributed by atoms with Crippen LogP contribution >= 0.6 is 0 Å². The minimum Gasteiger partial charge on any atom is -0.330 e. The van der Waals surface area contributed by atoms with Gasteiger partial charge in [-0.3, -0.25) is 0 Å². The molecule has 0 aliphatic rings. The van der Waals surface area contributed by atoms with Crippen LogP contribution in [0.4, 0.5) is 0 Å². The maximum atomic E-state index is 5.65. The van der Waals surface area contributed by atoms with Gasteiger partial charge >= 0.3 is 0 Å². The quantitative estimate of drug-likeness (QED) is 0.310. The lowest BCUT2D eigenvalue weighted by Crippen LogP contribution is -2.07. The molecule has 1 heteroatoms. The van der Waals surface area contributed by atoms with E-state index in [2.05, 4.69) is 59.8 Å². The zero-order valence-corrected chi connectivity index (χ0v) is 16.6. The second kappa shape index (κ2) is 13.6. The number of unbranched alkanes of at least 4 members (excludes halogenated alkanes) is 1. The third kappa shape index (κ3) is 9.15. The van der Waals surface area contributed by atoms with Crippen LogP contribution in [0.2, 0.25) is 0 Å². The first-order chi connectivity index (χ1) is 11.0. The average molecular weight is 320 g/mol. The van der Waals surface area contributed by atoms with Crippen molar-refractivity contribution >= 4 is 0 Å². The minimum absolute atomic E-state index is 0.589. The van der Waals surface area contributed by atoms with E-state index in [4.69, 9.17) is 5.73 Å². The first kappa shape index (κ1) is 22.2. The molecule has 0 aromatic carbocycles. The predicted octanol–water partition coefficient (Wildman–Crippen LogP) is 6.81. The molecule has 0 unspecified atom stereocenters. The van der Waals surface area contributed by atoms with E-state index in [9.17, 15) is 0 Å². The molecule has 0 saturated heterocycles. The third-order valence-electron chi connectivity index (χ3n) is 4.46. The van der Waals surface area contributed by atoms with Gasteiger partial charge in [0.1, 0.15) is 0 Å². The highest BCUT2D eigenvalue weighted by Crippen LogP contribution is 2.31. The molecule has 0 atom stereocenters. The summed E-state index contributed by atoms with van der Waals surface area (Å²) < 4.78 is 0. The van der Waals surface area contributed by atoms with E-state index < -0.39 is 0 Å².